The molecular weight excluding hydrogens is 404 g/mol. The predicted molar refractivity (Wildman–Crippen MR) is 130 cm³/mol. The zero-order valence-electron chi connectivity index (χ0n) is 19.1. The molecule has 4 nitrogen and oxygen atoms in total. The van der Waals surface area contributed by atoms with Crippen LogP contribution in [0.5, 0.6) is 0 Å². The Morgan fingerprint density at radius 2 is 1.81 bits per heavy atom. The highest BCUT2D eigenvalue weighted by Gasteiger charge is 2.33. The number of hydrogen-bond donors (Lipinski definition) is 2. The summed E-state index contributed by atoms with van der Waals surface area (Å²) in [5.41, 5.74) is 5.67. The minimum atomic E-state index is -0.827. The van der Waals surface area contributed by atoms with Crippen LogP contribution >= 0.6 is 11.3 Å². The summed E-state index contributed by atoms with van der Waals surface area (Å²) in [6.07, 6.45) is 4.66. The average Bonchev–Trinajstić information content (AvgIpc) is 3.13. The summed E-state index contributed by atoms with van der Waals surface area (Å²) in [7, 11) is 1.90. The lowest BCUT2D eigenvalue weighted by atomic mass is 9.75. The van der Waals surface area contributed by atoms with Gasteiger partial charge in [0.1, 0.15) is 0 Å². The quantitative estimate of drug-likeness (QED) is 0.483. The molecule has 4 rings (SSSR count). The van der Waals surface area contributed by atoms with Crippen molar-refractivity contribution in [1.29, 1.82) is 0 Å². The van der Waals surface area contributed by atoms with Gasteiger partial charge in [0.25, 0.3) is 0 Å². The van der Waals surface area contributed by atoms with Crippen molar-refractivity contribution in [2.24, 2.45) is 5.41 Å². The Balaban J connectivity index is 0.00000132. The molecule has 0 saturated carbocycles. The first-order valence-corrected chi connectivity index (χ1v) is 11.8. The van der Waals surface area contributed by atoms with Crippen molar-refractivity contribution in [3.63, 3.8) is 0 Å². The van der Waals surface area contributed by atoms with Crippen LogP contribution in [0, 0.1) is 5.41 Å². The standard InChI is InChI=1S/C24H26N2O2S.C2H6/c1-24(2)11-10-20-18(13-24)21(23(27)28)22(29-20)17-8-5-4-7-15(17)16-9-6-12-26-19(16)14-25-3;1-2/h4-9,12,25H,10-11,13-14H2,1-3H3,(H,27,28);1-2H3. The molecule has 0 aliphatic heterocycles. The number of carbonyl (C=O) groups is 1. The lowest BCUT2D eigenvalue weighted by Crippen LogP contribution is -2.22. The van der Waals surface area contributed by atoms with Gasteiger partial charge in [-0.2, -0.15) is 0 Å². The van der Waals surface area contributed by atoms with E-state index in [1.165, 1.54) is 4.88 Å². The first kappa shape index (κ1) is 23.2. The first-order chi connectivity index (χ1) is 14.9. The van der Waals surface area contributed by atoms with Gasteiger partial charge in [-0.25, -0.2) is 4.79 Å². The number of hydrogen-bond acceptors (Lipinski definition) is 4. The van der Waals surface area contributed by atoms with Gasteiger partial charge in [-0.1, -0.05) is 58.0 Å². The highest BCUT2D eigenvalue weighted by molar-refractivity contribution is 7.16. The molecule has 1 aliphatic carbocycles. The fraction of sp³-hybridized carbons (Fsp3) is 0.385. The number of thiophene rings is 1. The molecule has 2 heterocycles. The summed E-state index contributed by atoms with van der Waals surface area (Å²) >= 11 is 1.66. The number of rotatable bonds is 5. The topological polar surface area (TPSA) is 62.2 Å². The maximum Gasteiger partial charge on any atom is 0.337 e. The van der Waals surface area contributed by atoms with Crippen molar-refractivity contribution >= 4 is 17.3 Å². The monoisotopic (exact) mass is 436 g/mol. The molecule has 1 aliphatic rings. The highest BCUT2D eigenvalue weighted by Crippen LogP contribution is 2.47. The van der Waals surface area contributed by atoms with Gasteiger partial charge in [0, 0.05) is 33.6 Å². The van der Waals surface area contributed by atoms with E-state index in [0.717, 1.165) is 52.1 Å². The van der Waals surface area contributed by atoms with Crippen LogP contribution < -0.4 is 5.32 Å². The van der Waals surface area contributed by atoms with Crippen molar-refractivity contribution in [2.75, 3.05) is 7.05 Å². The number of benzene rings is 1. The Labute approximate surface area is 189 Å². The van der Waals surface area contributed by atoms with Crippen LogP contribution in [0.15, 0.2) is 42.6 Å². The number of pyridine rings is 1. The van der Waals surface area contributed by atoms with E-state index in [0.29, 0.717) is 12.1 Å². The van der Waals surface area contributed by atoms with Crippen molar-refractivity contribution in [3.8, 4) is 21.6 Å². The summed E-state index contributed by atoms with van der Waals surface area (Å²) in [5, 5.41) is 13.3. The third kappa shape index (κ3) is 4.73. The van der Waals surface area contributed by atoms with Gasteiger partial charge in [-0.15, -0.1) is 11.3 Å². The van der Waals surface area contributed by atoms with Crippen molar-refractivity contribution in [2.45, 2.75) is 53.5 Å². The maximum absolute atomic E-state index is 12.3. The fourth-order valence-electron chi connectivity index (χ4n) is 4.24. The van der Waals surface area contributed by atoms with E-state index in [2.05, 4.69) is 36.3 Å². The van der Waals surface area contributed by atoms with Gasteiger partial charge in [0.05, 0.1) is 11.3 Å². The number of aromatic carboxylic acids is 1. The Morgan fingerprint density at radius 1 is 1.13 bits per heavy atom. The number of aryl methyl sites for hydroxylation is 1. The molecule has 3 aromatic rings. The molecule has 2 aromatic heterocycles. The van der Waals surface area contributed by atoms with Gasteiger partial charge in [0.2, 0.25) is 0 Å². The molecule has 0 unspecified atom stereocenters. The molecule has 164 valence electrons. The van der Waals surface area contributed by atoms with Crippen LogP contribution in [0.3, 0.4) is 0 Å². The minimum absolute atomic E-state index is 0.137. The zero-order valence-corrected chi connectivity index (χ0v) is 19.9. The van der Waals surface area contributed by atoms with E-state index in [1.807, 2.05) is 45.2 Å². The largest absolute Gasteiger partial charge is 0.478 e. The highest BCUT2D eigenvalue weighted by atomic mass is 32.1. The molecule has 0 fully saturated rings. The number of aromatic nitrogens is 1. The summed E-state index contributed by atoms with van der Waals surface area (Å²) < 4.78 is 0. The zero-order chi connectivity index (χ0) is 22.6. The van der Waals surface area contributed by atoms with E-state index < -0.39 is 5.97 Å². The number of nitrogens with zero attached hydrogens (tertiary/aromatic N) is 1. The van der Waals surface area contributed by atoms with E-state index in [9.17, 15) is 9.90 Å². The van der Waals surface area contributed by atoms with E-state index in [4.69, 9.17) is 0 Å². The van der Waals surface area contributed by atoms with E-state index in [1.54, 1.807) is 17.5 Å². The van der Waals surface area contributed by atoms with Crippen LogP contribution in [-0.2, 0) is 19.4 Å². The van der Waals surface area contributed by atoms with Crippen LogP contribution in [0.4, 0.5) is 0 Å². The van der Waals surface area contributed by atoms with Crippen LogP contribution in [0.1, 0.15) is 60.6 Å². The fourth-order valence-corrected chi connectivity index (χ4v) is 5.59. The lowest BCUT2D eigenvalue weighted by molar-refractivity contribution is 0.0696. The first-order valence-electron chi connectivity index (χ1n) is 11.0. The smallest absolute Gasteiger partial charge is 0.337 e. The number of nitrogens with one attached hydrogen (secondary N) is 1. The van der Waals surface area contributed by atoms with Crippen LogP contribution in [0.2, 0.25) is 0 Å². The van der Waals surface area contributed by atoms with Crippen molar-refractivity contribution in [1.82, 2.24) is 10.3 Å². The SMILES string of the molecule is CC.CNCc1ncccc1-c1ccccc1-c1sc2c(c1C(=O)O)CC(C)(C)CC2. The second-order valence-corrected chi connectivity index (χ2v) is 9.53. The molecule has 1 aromatic carbocycles. The minimum Gasteiger partial charge on any atom is -0.478 e. The second kappa shape index (κ2) is 9.75. The number of carboxylic acids is 1. The molecule has 0 radical (unpaired) electrons. The van der Waals surface area contributed by atoms with Crippen LogP contribution in [0.25, 0.3) is 21.6 Å². The number of carboxylic acid groups (broad SMARTS) is 1. The van der Waals surface area contributed by atoms with Gasteiger partial charge in [-0.05, 0) is 48.9 Å². The van der Waals surface area contributed by atoms with E-state index in [-0.39, 0.29) is 5.41 Å². The Bertz CT molecular complexity index is 1070. The van der Waals surface area contributed by atoms with Crippen LogP contribution in [-0.4, -0.2) is 23.1 Å². The van der Waals surface area contributed by atoms with Gasteiger partial charge in [0.15, 0.2) is 0 Å². The molecule has 0 atom stereocenters. The average molecular weight is 437 g/mol. The summed E-state index contributed by atoms with van der Waals surface area (Å²) in [6, 6.07) is 12.1. The molecule has 31 heavy (non-hydrogen) atoms. The summed E-state index contributed by atoms with van der Waals surface area (Å²) in [4.78, 5) is 19.0. The predicted octanol–water partition coefficient (Wildman–Crippen LogP) is 6.44. The molecule has 5 heteroatoms. The lowest BCUT2D eigenvalue weighted by Gasteiger charge is -2.29. The second-order valence-electron chi connectivity index (χ2n) is 8.43. The third-order valence-corrected chi connectivity index (χ3v) is 7.01. The Kier molecular flexibility index (Phi) is 7.29. The van der Waals surface area contributed by atoms with E-state index >= 15 is 0 Å². The molecule has 0 saturated heterocycles. The number of fused-ring (bicyclic) bond motifs is 1. The maximum atomic E-state index is 12.3. The van der Waals surface area contributed by atoms with Gasteiger partial charge >= 0.3 is 5.97 Å². The normalized spacial score (nSPS) is 14.4. The van der Waals surface area contributed by atoms with Crippen molar-refractivity contribution in [3.05, 3.63) is 64.3 Å². The Hall–Kier alpha value is -2.50. The van der Waals surface area contributed by atoms with Gasteiger partial charge < -0.3 is 10.4 Å². The van der Waals surface area contributed by atoms with Gasteiger partial charge in [-0.3, -0.25) is 4.98 Å². The summed E-state index contributed by atoms with van der Waals surface area (Å²) in [6.45, 7) is 9.12. The van der Waals surface area contributed by atoms with Crippen molar-refractivity contribution < 1.29 is 9.90 Å². The Morgan fingerprint density at radius 3 is 2.48 bits per heavy atom. The molecule has 0 spiro atoms. The molecule has 2 N–H and O–H groups in total. The molecular formula is C26H32N2O2S. The third-order valence-electron chi connectivity index (χ3n) is 5.69. The molecule has 0 bridgehead atoms. The summed E-state index contributed by atoms with van der Waals surface area (Å²) in [5.74, 6) is -0.827. The molecule has 0 amide bonds.